The average Bonchev–Trinajstić information content (AvgIpc) is 2.89. The maximum absolute atomic E-state index is 12.7. The number of carbonyl (C=O) groups is 1. The van der Waals surface area contributed by atoms with Crippen LogP contribution in [-0.2, 0) is 19.3 Å². The van der Waals surface area contributed by atoms with Gasteiger partial charge in [0.05, 0.1) is 19.3 Å². The Labute approximate surface area is 205 Å². The average molecular weight is 505 g/mol. The molecule has 1 unspecified atom stereocenters. The Morgan fingerprint density at radius 3 is 2.42 bits per heavy atom. The second kappa shape index (κ2) is 12.2. The van der Waals surface area contributed by atoms with Gasteiger partial charge in [-0.1, -0.05) is 18.2 Å². The lowest BCUT2D eigenvalue weighted by Crippen LogP contribution is -2.34. The molecule has 0 fully saturated rings. The molecule has 4 N–H and O–H groups in total. The van der Waals surface area contributed by atoms with Crippen LogP contribution in [0.1, 0.15) is 16.7 Å². The summed E-state index contributed by atoms with van der Waals surface area (Å²) in [5.74, 6) is 0.689. The summed E-state index contributed by atoms with van der Waals surface area (Å²) in [7, 11) is 1.45. The Morgan fingerprint density at radius 1 is 1.08 bits per heavy atom. The monoisotopic (exact) mass is 505 g/mol. The van der Waals surface area contributed by atoms with Crippen molar-refractivity contribution in [1.82, 2.24) is 15.6 Å². The number of amides is 2. The third kappa shape index (κ3) is 7.33. The second-order valence-electron chi connectivity index (χ2n) is 7.78. The number of halogens is 3. The van der Waals surface area contributed by atoms with E-state index in [0.29, 0.717) is 28.2 Å². The van der Waals surface area contributed by atoms with Crippen LogP contribution < -0.4 is 20.1 Å². The molecule has 1 atom stereocenters. The Kier molecular flexibility index (Phi) is 9.09. The quantitative estimate of drug-likeness (QED) is 0.336. The molecule has 0 saturated carbocycles. The van der Waals surface area contributed by atoms with Gasteiger partial charge in [0.1, 0.15) is 12.7 Å². The van der Waals surface area contributed by atoms with Crippen molar-refractivity contribution in [1.29, 1.82) is 0 Å². The maximum atomic E-state index is 12.7. The van der Waals surface area contributed by atoms with Crippen LogP contribution in [0.5, 0.6) is 11.5 Å². The van der Waals surface area contributed by atoms with Gasteiger partial charge in [0.15, 0.2) is 11.5 Å². The zero-order chi connectivity index (χ0) is 26.1. The molecule has 0 saturated heterocycles. The fraction of sp³-hybridized carbons (Fsp3) is 0.280. The lowest BCUT2D eigenvalue weighted by atomic mass is 10.00. The Balaban J connectivity index is 1.72. The smallest absolute Gasteiger partial charge is 0.416 e. The number of alkyl halides is 3. The molecule has 1 aromatic heterocycles. The lowest BCUT2D eigenvalue weighted by Gasteiger charge is -2.18. The molecule has 8 nitrogen and oxygen atoms in total. The van der Waals surface area contributed by atoms with Gasteiger partial charge in [-0.2, -0.15) is 13.2 Å². The van der Waals surface area contributed by atoms with Crippen LogP contribution >= 0.6 is 0 Å². The van der Waals surface area contributed by atoms with Crippen LogP contribution in [0.2, 0.25) is 0 Å². The zero-order valence-electron chi connectivity index (χ0n) is 19.4. The molecular formula is C25H26F3N3O5. The molecule has 0 aliphatic rings. The first-order chi connectivity index (χ1) is 17.2. The van der Waals surface area contributed by atoms with Gasteiger partial charge in [-0.05, 0) is 47.0 Å². The normalized spacial score (nSPS) is 12.1. The predicted octanol–water partition coefficient (Wildman–Crippen LogP) is 3.51. The summed E-state index contributed by atoms with van der Waals surface area (Å²) in [6.07, 6.45) is -2.22. The number of aromatic nitrogens is 1. The van der Waals surface area contributed by atoms with E-state index in [0.717, 1.165) is 17.7 Å². The summed E-state index contributed by atoms with van der Waals surface area (Å²) in [5, 5.41) is 24.0. The number of methoxy groups -OCH3 is 1. The minimum atomic E-state index is -4.42. The maximum Gasteiger partial charge on any atom is 0.416 e. The molecule has 11 heteroatoms. The minimum absolute atomic E-state index is 0.0444. The van der Waals surface area contributed by atoms with E-state index in [2.05, 4.69) is 15.6 Å². The Bertz CT molecular complexity index is 1140. The van der Waals surface area contributed by atoms with Gasteiger partial charge >= 0.3 is 12.2 Å². The van der Waals surface area contributed by atoms with Gasteiger partial charge in [0.25, 0.3) is 0 Å². The molecule has 36 heavy (non-hydrogen) atoms. The zero-order valence-corrected chi connectivity index (χ0v) is 19.4. The number of benzene rings is 2. The number of carbonyl (C=O) groups excluding carboxylic acids is 1. The third-order valence-corrected chi connectivity index (χ3v) is 5.18. The number of hydrogen-bond acceptors (Lipinski definition) is 6. The molecule has 0 aliphatic heterocycles. The topological polar surface area (TPSA) is 113 Å². The first kappa shape index (κ1) is 26.8. The molecule has 0 bridgehead atoms. The first-order valence-electron chi connectivity index (χ1n) is 10.9. The van der Waals surface area contributed by atoms with E-state index in [1.807, 2.05) is 6.07 Å². The number of ether oxygens (including phenoxy) is 2. The highest BCUT2D eigenvalue weighted by atomic mass is 19.4. The second-order valence-corrected chi connectivity index (χ2v) is 7.78. The summed E-state index contributed by atoms with van der Waals surface area (Å²) >= 11 is 0. The van der Waals surface area contributed by atoms with E-state index in [9.17, 15) is 23.1 Å². The molecule has 3 rings (SSSR count). The van der Waals surface area contributed by atoms with Gasteiger partial charge in [-0.3, -0.25) is 4.98 Å². The van der Waals surface area contributed by atoms with Crippen LogP contribution in [0.15, 0.2) is 60.9 Å². The molecule has 3 aromatic rings. The van der Waals surface area contributed by atoms with E-state index in [4.69, 9.17) is 14.6 Å². The SMILES string of the molecule is COc1cc(CNC(=O)NCc2ccc(C(F)(F)F)cc2)c(-c2cccnc2)cc1OCC(O)CO. The van der Waals surface area contributed by atoms with E-state index >= 15 is 0 Å². The van der Waals surface area contributed by atoms with Crippen LogP contribution in [0.25, 0.3) is 11.1 Å². The summed E-state index contributed by atoms with van der Waals surface area (Å²) < 4.78 is 49.1. The van der Waals surface area contributed by atoms with Gasteiger partial charge in [0, 0.05) is 31.0 Å². The largest absolute Gasteiger partial charge is 0.493 e. The third-order valence-electron chi connectivity index (χ3n) is 5.18. The van der Waals surface area contributed by atoms with Crippen molar-refractivity contribution in [3.05, 3.63) is 77.6 Å². The van der Waals surface area contributed by atoms with E-state index in [-0.39, 0.29) is 19.7 Å². The highest BCUT2D eigenvalue weighted by Crippen LogP contribution is 2.36. The fourth-order valence-corrected chi connectivity index (χ4v) is 3.28. The van der Waals surface area contributed by atoms with Crippen molar-refractivity contribution in [3.8, 4) is 22.6 Å². The van der Waals surface area contributed by atoms with Crippen LogP contribution in [-0.4, -0.2) is 47.7 Å². The van der Waals surface area contributed by atoms with Gasteiger partial charge < -0.3 is 30.3 Å². The van der Waals surface area contributed by atoms with Gasteiger partial charge in [0.2, 0.25) is 0 Å². The molecule has 2 aromatic carbocycles. The lowest BCUT2D eigenvalue weighted by molar-refractivity contribution is -0.137. The number of rotatable bonds is 10. The summed E-state index contributed by atoms with van der Waals surface area (Å²) in [5.41, 5.74) is 1.88. The first-order valence-corrected chi connectivity index (χ1v) is 10.9. The number of nitrogens with one attached hydrogen (secondary N) is 2. The highest BCUT2D eigenvalue weighted by molar-refractivity contribution is 5.75. The van der Waals surface area contributed by atoms with Gasteiger partial charge in [-0.15, -0.1) is 0 Å². The van der Waals surface area contributed by atoms with Crippen molar-refractivity contribution in [2.45, 2.75) is 25.4 Å². The minimum Gasteiger partial charge on any atom is -0.493 e. The summed E-state index contributed by atoms with van der Waals surface area (Å²) in [6.45, 7) is -0.466. The Morgan fingerprint density at radius 2 is 1.81 bits per heavy atom. The Hall–Kier alpha value is -3.83. The number of aliphatic hydroxyl groups is 2. The van der Waals surface area contributed by atoms with Crippen molar-refractivity contribution < 1.29 is 37.7 Å². The number of hydrogen-bond donors (Lipinski definition) is 4. The molecule has 1 heterocycles. The van der Waals surface area contributed by atoms with Crippen molar-refractivity contribution >= 4 is 6.03 Å². The van der Waals surface area contributed by atoms with Crippen LogP contribution in [0.4, 0.5) is 18.0 Å². The van der Waals surface area contributed by atoms with E-state index in [1.165, 1.54) is 19.2 Å². The van der Waals surface area contributed by atoms with Crippen LogP contribution in [0.3, 0.4) is 0 Å². The van der Waals surface area contributed by atoms with Crippen molar-refractivity contribution in [2.24, 2.45) is 0 Å². The van der Waals surface area contributed by atoms with Crippen LogP contribution in [0, 0.1) is 0 Å². The van der Waals surface area contributed by atoms with E-state index < -0.39 is 30.5 Å². The molecule has 0 spiro atoms. The standard InChI is InChI=1S/C25H26F3N3O5/c1-35-22-9-18(13-31-24(34)30-11-16-4-6-19(7-5-16)25(26,27)28)21(17-3-2-8-29-12-17)10-23(22)36-15-20(33)14-32/h2-10,12,20,32-33H,11,13-15H2,1H3,(H2,30,31,34). The molecular weight excluding hydrogens is 479 g/mol. The molecule has 0 aliphatic carbocycles. The van der Waals surface area contributed by atoms with Gasteiger partial charge in [-0.25, -0.2) is 4.79 Å². The number of aliphatic hydroxyl groups excluding tert-OH is 2. The fourth-order valence-electron chi connectivity index (χ4n) is 3.28. The predicted molar refractivity (Wildman–Crippen MR) is 125 cm³/mol. The molecule has 192 valence electrons. The molecule has 2 amide bonds. The van der Waals surface area contributed by atoms with E-state index in [1.54, 1.807) is 30.6 Å². The molecule has 0 radical (unpaired) electrons. The van der Waals surface area contributed by atoms with Crippen molar-refractivity contribution in [3.63, 3.8) is 0 Å². The number of nitrogens with zero attached hydrogens (tertiary/aromatic N) is 1. The summed E-state index contributed by atoms with van der Waals surface area (Å²) in [6, 6.07) is 11.0. The number of pyridine rings is 1. The number of urea groups is 1. The highest BCUT2D eigenvalue weighted by Gasteiger charge is 2.29. The van der Waals surface area contributed by atoms with Crippen molar-refractivity contribution in [2.75, 3.05) is 20.3 Å². The summed E-state index contributed by atoms with van der Waals surface area (Å²) in [4.78, 5) is 16.5.